The van der Waals surface area contributed by atoms with Crippen LogP contribution in [0.1, 0.15) is 88.6 Å². The summed E-state index contributed by atoms with van der Waals surface area (Å²) in [5.41, 5.74) is -6.66. The second-order valence-corrected chi connectivity index (χ2v) is 17.6. The molecule has 1 heterocycles. The maximum Gasteiger partial charge on any atom is 0.407 e. The van der Waals surface area contributed by atoms with Crippen molar-refractivity contribution in [2.24, 2.45) is 22.7 Å². The third kappa shape index (κ3) is 8.76. The number of Topliss-reactive ketones (excluding diaryl/α,β-unsaturated/α-hetero) is 1. The van der Waals surface area contributed by atoms with E-state index in [9.17, 15) is 44.7 Å². The van der Waals surface area contributed by atoms with E-state index < -0.39 is 101 Å². The van der Waals surface area contributed by atoms with E-state index in [0.29, 0.717) is 12.8 Å². The predicted octanol–water partition coefficient (Wildman–Crippen LogP) is 3.30. The molecule has 1 aliphatic heterocycles. The maximum absolute atomic E-state index is 14.8. The topological polar surface area (TPSA) is 218 Å². The number of hydrogen-bond acceptors (Lipinski definition) is 13. The van der Waals surface area contributed by atoms with Gasteiger partial charge in [0.05, 0.1) is 35.8 Å². The van der Waals surface area contributed by atoms with Crippen LogP contribution in [0.4, 0.5) is 4.79 Å². The number of ether oxygens (including phenoxy) is 4. The molecule has 1 unspecified atom stereocenters. The summed E-state index contributed by atoms with van der Waals surface area (Å²) in [5, 5.41) is 63.8. The van der Waals surface area contributed by atoms with Crippen LogP contribution in [-0.4, -0.2) is 110 Å². The van der Waals surface area contributed by atoms with Gasteiger partial charge >= 0.3 is 18.0 Å². The second kappa shape index (κ2) is 19.4. The number of aliphatic hydroxyl groups excluding tert-OH is 3. The molecular weight excluding hydrogens is 1200 g/mol. The van der Waals surface area contributed by atoms with E-state index in [4.69, 9.17) is 18.9 Å². The van der Waals surface area contributed by atoms with E-state index in [2.05, 4.69) is 5.32 Å². The van der Waals surface area contributed by atoms with Gasteiger partial charge in [0, 0.05) is 112 Å². The number of amides is 1. The number of benzene rings is 2. The molecule has 5 aliphatic rings. The third-order valence-corrected chi connectivity index (χ3v) is 14.1. The van der Waals surface area contributed by atoms with Gasteiger partial charge in [-0.15, -0.1) is 0 Å². The summed E-state index contributed by atoms with van der Waals surface area (Å²) in [7, 11) is 0. The molecule has 2 radical (unpaired) electrons. The maximum atomic E-state index is 14.8. The Morgan fingerprint density at radius 2 is 1.53 bits per heavy atom. The summed E-state index contributed by atoms with van der Waals surface area (Å²) in [4.78, 5) is 56.0. The van der Waals surface area contributed by atoms with Gasteiger partial charge in [-0.3, -0.25) is 4.79 Å². The predicted molar refractivity (Wildman–Crippen MR) is 206 cm³/mol. The van der Waals surface area contributed by atoms with Crippen molar-refractivity contribution in [3.05, 3.63) is 82.9 Å². The summed E-state index contributed by atoms with van der Waals surface area (Å²) < 4.78 is 23.4. The van der Waals surface area contributed by atoms with Crippen LogP contribution in [0.15, 0.2) is 71.8 Å². The van der Waals surface area contributed by atoms with E-state index in [-0.39, 0.29) is 130 Å². The molecular formula is C44H55Ac2NO13. The Morgan fingerprint density at radius 1 is 0.917 bits per heavy atom. The van der Waals surface area contributed by atoms with Gasteiger partial charge in [0.25, 0.3) is 0 Å². The zero-order valence-corrected chi connectivity index (χ0v) is 44.0. The average Bonchev–Trinajstić information content (AvgIpc) is 3.21. The summed E-state index contributed by atoms with van der Waals surface area (Å²) in [6.45, 7) is 5.74. The molecule has 2 bridgehead atoms. The zero-order chi connectivity index (χ0) is 41.8. The Kier molecular flexibility index (Phi) is 16.1. The molecule has 16 heteroatoms. The van der Waals surface area contributed by atoms with Crippen LogP contribution in [0.5, 0.6) is 0 Å². The molecule has 4 fully saturated rings. The third-order valence-electron chi connectivity index (χ3n) is 14.1. The molecule has 4 aliphatic carbocycles. The Bertz CT molecular complexity index is 1930. The summed E-state index contributed by atoms with van der Waals surface area (Å²) in [6.07, 6.45) is -7.06. The van der Waals surface area contributed by atoms with Crippen LogP contribution in [0.25, 0.3) is 0 Å². The van der Waals surface area contributed by atoms with Gasteiger partial charge in [0.1, 0.15) is 36.1 Å². The van der Waals surface area contributed by atoms with Crippen molar-refractivity contribution in [2.75, 3.05) is 6.61 Å². The van der Waals surface area contributed by atoms with Gasteiger partial charge in [-0.2, -0.15) is 0 Å². The van der Waals surface area contributed by atoms with Crippen molar-refractivity contribution in [1.29, 1.82) is 0 Å². The van der Waals surface area contributed by atoms with Gasteiger partial charge in [-0.25, -0.2) is 14.4 Å². The van der Waals surface area contributed by atoms with Crippen LogP contribution in [0.3, 0.4) is 0 Å². The van der Waals surface area contributed by atoms with E-state index in [1.54, 1.807) is 63.2 Å². The van der Waals surface area contributed by atoms with Gasteiger partial charge < -0.3 is 49.8 Å². The molecule has 2 aromatic rings. The van der Waals surface area contributed by atoms with Crippen molar-refractivity contribution < 1.29 is 152 Å². The number of alkyl carbamates (subject to hydrolysis) is 1. The van der Waals surface area contributed by atoms with Crippen LogP contribution in [0, 0.1) is 111 Å². The van der Waals surface area contributed by atoms with Gasteiger partial charge in [0.15, 0.2) is 11.9 Å². The van der Waals surface area contributed by atoms with Crippen molar-refractivity contribution >= 4 is 23.8 Å². The molecule has 0 aromatic heterocycles. The molecule has 3 saturated carbocycles. The number of rotatable bonds is 9. The molecule has 6 N–H and O–H groups in total. The molecule has 60 heavy (non-hydrogen) atoms. The number of esters is 2. The summed E-state index contributed by atoms with van der Waals surface area (Å²) >= 11 is 0. The number of nitrogens with one attached hydrogen (secondary N) is 1. The smallest absolute Gasteiger partial charge is 0.407 e. The Balaban J connectivity index is 0.00000341. The van der Waals surface area contributed by atoms with Crippen molar-refractivity contribution in [2.45, 2.75) is 133 Å². The summed E-state index contributed by atoms with van der Waals surface area (Å²) in [6, 6.07) is 15.9. The average molecular weight is 1260 g/mol. The first-order valence-corrected chi connectivity index (χ1v) is 20.2. The fourth-order valence-corrected chi connectivity index (χ4v) is 10.6. The van der Waals surface area contributed by atoms with Gasteiger partial charge in [0.2, 0.25) is 0 Å². The molecule has 11 atom stereocenters. The van der Waals surface area contributed by atoms with Crippen molar-refractivity contribution in [1.82, 2.24) is 5.32 Å². The molecule has 2 aromatic carbocycles. The normalized spacial score (nSPS) is 34.2. The van der Waals surface area contributed by atoms with Gasteiger partial charge in [-0.1, -0.05) is 81.6 Å². The molecule has 0 spiro atoms. The quantitative estimate of drug-likeness (QED) is 0.121. The van der Waals surface area contributed by atoms with E-state index >= 15 is 0 Å². The molecule has 1 amide bonds. The largest absolute Gasteiger partial charge is 0.456 e. The minimum Gasteiger partial charge on any atom is -0.456 e. The Labute approximate surface area is 421 Å². The molecule has 1 saturated heterocycles. The van der Waals surface area contributed by atoms with E-state index in [0.717, 1.165) is 24.8 Å². The monoisotopic (exact) mass is 1260 g/mol. The Hall–Kier alpha value is -1.30. The van der Waals surface area contributed by atoms with E-state index in [1.807, 2.05) is 6.07 Å². The van der Waals surface area contributed by atoms with Crippen molar-refractivity contribution in [3.63, 3.8) is 0 Å². The van der Waals surface area contributed by atoms with Crippen LogP contribution < -0.4 is 5.32 Å². The number of fused-ring (bicyclic) bond motifs is 5. The van der Waals surface area contributed by atoms with Gasteiger partial charge in [-0.05, 0) is 61.4 Å². The fraction of sp³-hybridized carbons (Fsp3) is 0.591. The second-order valence-electron chi connectivity index (χ2n) is 17.6. The standard InChI is InChI=1S/C44H55NO13.2Ac/c1-24-28(57-39(51)34(48)32(26-16-10-6-11-17-26)45-40(52)55-22-25-14-8-5-9-15-25)21-44(54)37(58-38(50)27-18-12-7-13-19-27)35-42(4,29(46)20-30-43(35,53)23-56-30)36(49)33(47)31(24)41(44,2)3;;/h5,7-9,12-15,18-19,26,28-30,32-35,37,46-48,53-54H,6,10-11,16-17,20-23H2,1-4H3,(H,45,52);;/t28?,29-,30+,32-,33+,34+,35-,37-,42+,43-,44+;;/m0../s1. The number of carbonyl (C=O) groups is 4. The van der Waals surface area contributed by atoms with E-state index in [1.165, 1.54) is 19.1 Å². The Morgan fingerprint density at radius 3 is 2.13 bits per heavy atom. The molecule has 14 nitrogen and oxygen atoms in total. The van der Waals surface area contributed by atoms with Crippen molar-refractivity contribution in [3.8, 4) is 0 Å². The number of carbonyl (C=O) groups excluding carboxylic acids is 4. The van der Waals surface area contributed by atoms with Crippen LogP contribution in [-0.2, 0) is 35.1 Å². The molecule has 320 valence electrons. The van der Waals surface area contributed by atoms with Crippen LogP contribution >= 0.6 is 0 Å². The first-order valence-electron chi connectivity index (χ1n) is 20.2. The number of hydrogen-bond donors (Lipinski definition) is 6. The SMILES string of the molecule is CC1=C2[C@@H](O)C(=O)[C@@]3(C)[C@H]([C@H](OC(=O)c4ccccc4)[C@](O)(CC1OC(=O)[C@H](O)[C@@H](NC(=O)OCc1ccccc1)C1CCCCC1)C2(C)C)[C@]1(O)CO[C@@H]1C[C@@H]3O.[Ac].[Ac]. The fourth-order valence-electron chi connectivity index (χ4n) is 10.6. The zero-order valence-electron chi connectivity index (χ0n) is 34.5. The molecule has 7 rings (SSSR count). The number of aliphatic hydroxyl groups is 5. The minimum absolute atomic E-state index is 0. The summed E-state index contributed by atoms with van der Waals surface area (Å²) in [5.74, 6) is -4.70. The minimum atomic E-state index is -2.29. The van der Waals surface area contributed by atoms with Crippen LogP contribution in [0.2, 0.25) is 0 Å². The first-order chi connectivity index (χ1) is 27.4. The number of ketones is 1. The first kappa shape index (κ1) is 49.7.